The van der Waals surface area contributed by atoms with Crippen molar-refractivity contribution in [1.29, 1.82) is 0 Å². The fourth-order valence-electron chi connectivity index (χ4n) is 1.02. The summed E-state index contributed by atoms with van der Waals surface area (Å²) in [6.07, 6.45) is 1.18. The second-order valence-corrected chi connectivity index (χ2v) is 3.26. The molecule has 0 spiro atoms. The summed E-state index contributed by atoms with van der Waals surface area (Å²) < 4.78 is 0. The summed E-state index contributed by atoms with van der Waals surface area (Å²) in [5, 5.41) is 12.0. The van der Waals surface area contributed by atoms with Crippen molar-refractivity contribution in [3.63, 3.8) is 0 Å². The molecule has 0 aromatic rings. The minimum absolute atomic E-state index is 0.245. The SMILES string of the molecule is CCCNCC(C)N(C)CCO. The molecule has 0 radical (unpaired) electrons. The van der Waals surface area contributed by atoms with Gasteiger partial charge in [0.25, 0.3) is 0 Å². The van der Waals surface area contributed by atoms with E-state index in [2.05, 4.69) is 24.1 Å². The van der Waals surface area contributed by atoms with Crippen molar-refractivity contribution < 1.29 is 5.11 Å². The van der Waals surface area contributed by atoms with Crippen molar-refractivity contribution in [2.24, 2.45) is 0 Å². The predicted octanol–water partition coefficient (Wildman–Crippen LogP) is 0.299. The molecule has 0 bridgehead atoms. The Morgan fingerprint density at radius 3 is 2.67 bits per heavy atom. The molecule has 0 aliphatic heterocycles. The Hall–Kier alpha value is -0.120. The topological polar surface area (TPSA) is 35.5 Å². The van der Waals surface area contributed by atoms with E-state index in [1.54, 1.807) is 0 Å². The number of aliphatic hydroxyl groups excluding tert-OH is 1. The Balaban J connectivity index is 3.35. The van der Waals surface area contributed by atoms with Gasteiger partial charge in [-0.3, -0.25) is 0 Å². The summed E-state index contributed by atoms with van der Waals surface area (Å²) in [5.41, 5.74) is 0. The third-order valence-electron chi connectivity index (χ3n) is 2.07. The van der Waals surface area contributed by atoms with Crippen LogP contribution in [0.1, 0.15) is 20.3 Å². The van der Waals surface area contributed by atoms with Gasteiger partial charge in [-0.15, -0.1) is 0 Å². The highest BCUT2D eigenvalue weighted by Gasteiger charge is 2.06. The fourth-order valence-corrected chi connectivity index (χ4v) is 1.02. The highest BCUT2D eigenvalue weighted by atomic mass is 16.3. The lowest BCUT2D eigenvalue weighted by atomic mass is 10.3. The van der Waals surface area contributed by atoms with E-state index in [0.717, 1.165) is 19.6 Å². The summed E-state index contributed by atoms with van der Waals surface area (Å²) in [6.45, 7) is 7.42. The van der Waals surface area contributed by atoms with Crippen molar-refractivity contribution in [1.82, 2.24) is 10.2 Å². The van der Waals surface area contributed by atoms with E-state index >= 15 is 0 Å². The summed E-state index contributed by atoms with van der Waals surface area (Å²) in [6, 6.07) is 0.503. The molecular weight excluding hydrogens is 152 g/mol. The molecular formula is C9H22N2O. The number of nitrogens with one attached hydrogen (secondary N) is 1. The molecule has 0 saturated carbocycles. The largest absolute Gasteiger partial charge is 0.395 e. The van der Waals surface area contributed by atoms with Gasteiger partial charge in [0.05, 0.1) is 6.61 Å². The van der Waals surface area contributed by atoms with Crippen LogP contribution in [0, 0.1) is 0 Å². The molecule has 0 aromatic carbocycles. The van der Waals surface area contributed by atoms with Crippen molar-refractivity contribution in [2.45, 2.75) is 26.3 Å². The number of hydrogen-bond donors (Lipinski definition) is 2. The Kier molecular flexibility index (Phi) is 7.45. The molecule has 0 fully saturated rings. The molecule has 0 aliphatic carbocycles. The van der Waals surface area contributed by atoms with E-state index in [1.165, 1.54) is 6.42 Å². The molecule has 1 unspecified atom stereocenters. The van der Waals surface area contributed by atoms with Crippen LogP contribution in [-0.2, 0) is 0 Å². The molecule has 0 aliphatic rings. The van der Waals surface area contributed by atoms with Crippen LogP contribution in [-0.4, -0.2) is 49.3 Å². The third kappa shape index (κ3) is 5.52. The first-order chi connectivity index (χ1) is 5.72. The smallest absolute Gasteiger partial charge is 0.0558 e. The van der Waals surface area contributed by atoms with E-state index < -0.39 is 0 Å². The van der Waals surface area contributed by atoms with Crippen LogP contribution in [0.3, 0.4) is 0 Å². The van der Waals surface area contributed by atoms with Crippen LogP contribution in [0.15, 0.2) is 0 Å². The standard InChI is InChI=1S/C9H22N2O/c1-4-5-10-8-9(2)11(3)6-7-12/h9-10,12H,4-8H2,1-3H3. The molecule has 0 aromatic heterocycles. The average Bonchev–Trinajstić information content (AvgIpc) is 2.05. The van der Waals surface area contributed by atoms with E-state index in [0.29, 0.717) is 6.04 Å². The zero-order valence-electron chi connectivity index (χ0n) is 8.51. The number of likely N-dealkylation sites (N-methyl/N-ethyl adjacent to an activating group) is 1. The predicted molar refractivity (Wildman–Crippen MR) is 52.3 cm³/mol. The lowest BCUT2D eigenvalue weighted by Gasteiger charge is -2.23. The Bertz CT molecular complexity index is 98.5. The van der Waals surface area contributed by atoms with E-state index in [4.69, 9.17) is 5.11 Å². The number of aliphatic hydroxyl groups is 1. The van der Waals surface area contributed by atoms with Gasteiger partial charge in [-0.25, -0.2) is 0 Å². The number of nitrogens with zero attached hydrogens (tertiary/aromatic N) is 1. The quantitative estimate of drug-likeness (QED) is 0.545. The highest BCUT2D eigenvalue weighted by Crippen LogP contribution is 1.92. The van der Waals surface area contributed by atoms with Gasteiger partial charge in [0.2, 0.25) is 0 Å². The summed E-state index contributed by atoms with van der Waals surface area (Å²) in [5.74, 6) is 0. The fraction of sp³-hybridized carbons (Fsp3) is 1.00. The molecule has 0 rings (SSSR count). The minimum atomic E-state index is 0.245. The van der Waals surface area contributed by atoms with Crippen LogP contribution in [0.5, 0.6) is 0 Å². The van der Waals surface area contributed by atoms with Crippen LogP contribution in [0.25, 0.3) is 0 Å². The maximum atomic E-state index is 8.70. The summed E-state index contributed by atoms with van der Waals surface area (Å²) >= 11 is 0. The van der Waals surface area contributed by atoms with E-state index in [9.17, 15) is 0 Å². The molecule has 2 N–H and O–H groups in total. The van der Waals surface area contributed by atoms with Gasteiger partial charge in [-0.05, 0) is 26.9 Å². The van der Waals surface area contributed by atoms with Crippen LogP contribution < -0.4 is 5.32 Å². The van der Waals surface area contributed by atoms with Gasteiger partial charge in [0.1, 0.15) is 0 Å². The normalized spacial score (nSPS) is 13.8. The molecule has 0 heterocycles. The zero-order valence-corrected chi connectivity index (χ0v) is 8.51. The van der Waals surface area contributed by atoms with Crippen LogP contribution >= 0.6 is 0 Å². The number of rotatable bonds is 7. The van der Waals surface area contributed by atoms with E-state index in [1.807, 2.05) is 7.05 Å². The first kappa shape index (κ1) is 11.9. The lowest BCUT2D eigenvalue weighted by Crippen LogP contribution is -2.39. The second-order valence-electron chi connectivity index (χ2n) is 3.26. The maximum Gasteiger partial charge on any atom is 0.0558 e. The molecule has 0 amide bonds. The monoisotopic (exact) mass is 174 g/mol. The Morgan fingerprint density at radius 2 is 2.17 bits per heavy atom. The van der Waals surface area contributed by atoms with Gasteiger partial charge in [-0.2, -0.15) is 0 Å². The average molecular weight is 174 g/mol. The van der Waals surface area contributed by atoms with Crippen LogP contribution in [0.2, 0.25) is 0 Å². The van der Waals surface area contributed by atoms with Gasteiger partial charge >= 0.3 is 0 Å². The second kappa shape index (κ2) is 7.53. The lowest BCUT2D eigenvalue weighted by molar-refractivity contribution is 0.185. The maximum absolute atomic E-state index is 8.70. The number of hydrogen-bond acceptors (Lipinski definition) is 3. The van der Waals surface area contributed by atoms with Gasteiger partial charge in [0.15, 0.2) is 0 Å². The molecule has 1 atom stereocenters. The van der Waals surface area contributed by atoms with Crippen molar-refractivity contribution in [2.75, 3.05) is 33.3 Å². The minimum Gasteiger partial charge on any atom is -0.395 e. The van der Waals surface area contributed by atoms with Crippen molar-refractivity contribution in [3.05, 3.63) is 0 Å². The van der Waals surface area contributed by atoms with Gasteiger partial charge in [-0.1, -0.05) is 6.92 Å². The highest BCUT2D eigenvalue weighted by molar-refractivity contribution is 4.65. The van der Waals surface area contributed by atoms with Crippen molar-refractivity contribution in [3.8, 4) is 0 Å². The zero-order chi connectivity index (χ0) is 9.40. The third-order valence-corrected chi connectivity index (χ3v) is 2.07. The summed E-state index contributed by atoms with van der Waals surface area (Å²) in [7, 11) is 2.04. The molecule has 12 heavy (non-hydrogen) atoms. The van der Waals surface area contributed by atoms with Gasteiger partial charge < -0.3 is 15.3 Å². The Morgan fingerprint density at radius 1 is 1.50 bits per heavy atom. The first-order valence-corrected chi connectivity index (χ1v) is 4.74. The Labute approximate surface area is 75.8 Å². The molecule has 74 valence electrons. The van der Waals surface area contributed by atoms with E-state index in [-0.39, 0.29) is 6.61 Å². The molecule has 3 heteroatoms. The molecule has 3 nitrogen and oxygen atoms in total. The van der Waals surface area contributed by atoms with Crippen molar-refractivity contribution >= 4 is 0 Å². The first-order valence-electron chi connectivity index (χ1n) is 4.74. The molecule has 0 saturated heterocycles. The van der Waals surface area contributed by atoms with Crippen LogP contribution in [0.4, 0.5) is 0 Å². The van der Waals surface area contributed by atoms with Gasteiger partial charge in [0, 0.05) is 19.1 Å². The summed E-state index contributed by atoms with van der Waals surface area (Å²) in [4.78, 5) is 2.16.